The number of oxazole rings is 1. The number of fused-ring (bicyclic) bond motifs is 1. The van der Waals surface area contributed by atoms with Gasteiger partial charge in [0.05, 0.1) is 0 Å². The Bertz CT molecular complexity index is 516. The van der Waals surface area contributed by atoms with Crippen LogP contribution in [0.5, 0.6) is 0 Å². The van der Waals surface area contributed by atoms with Crippen LogP contribution >= 0.6 is 0 Å². The molecule has 4 heteroatoms. The Morgan fingerprint density at radius 3 is 2.94 bits per heavy atom. The number of hydrogen-bond donors (Lipinski definition) is 1. The third kappa shape index (κ3) is 1.41. The summed E-state index contributed by atoms with van der Waals surface area (Å²) in [7, 11) is 2.04. The SMILES string of the molecule is CN(c1nc2cc(N)ccc2o1)C1CCC1. The average Bonchev–Trinajstić information content (AvgIpc) is 2.57. The summed E-state index contributed by atoms with van der Waals surface area (Å²) in [6.45, 7) is 0. The molecule has 1 heterocycles. The number of nitrogens with zero attached hydrogens (tertiary/aromatic N) is 2. The zero-order valence-electron chi connectivity index (χ0n) is 9.31. The van der Waals surface area contributed by atoms with Crippen molar-refractivity contribution in [2.45, 2.75) is 25.3 Å². The molecule has 2 aromatic rings. The minimum atomic E-state index is 0.588. The molecule has 1 saturated carbocycles. The first-order valence-corrected chi connectivity index (χ1v) is 5.63. The molecule has 1 fully saturated rings. The molecule has 1 aliphatic carbocycles. The van der Waals surface area contributed by atoms with Crippen molar-refractivity contribution in [2.75, 3.05) is 17.7 Å². The number of aromatic nitrogens is 1. The van der Waals surface area contributed by atoms with Crippen molar-refractivity contribution in [3.05, 3.63) is 18.2 Å². The molecule has 0 atom stereocenters. The van der Waals surface area contributed by atoms with Gasteiger partial charge in [0.15, 0.2) is 5.58 Å². The van der Waals surface area contributed by atoms with Gasteiger partial charge in [0, 0.05) is 18.8 Å². The number of anilines is 2. The summed E-state index contributed by atoms with van der Waals surface area (Å²) in [6.07, 6.45) is 3.77. The highest BCUT2D eigenvalue weighted by Gasteiger charge is 2.25. The maximum absolute atomic E-state index is 5.71. The topological polar surface area (TPSA) is 55.3 Å². The smallest absolute Gasteiger partial charge is 0.298 e. The van der Waals surface area contributed by atoms with Gasteiger partial charge in [-0.15, -0.1) is 0 Å². The van der Waals surface area contributed by atoms with E-state index < -0.39 is 0 Å². The van der Waals surface area contributed by atoms with E-state index >= 15 is 0 Å². The van der Waals surface area contributed by atoms with Crippen LogP contribution in [0, 0.1) is 0 Å². The number of benzene rings is 1. The first-order chi connectivity index (χ1) is 7.74. The van der Waals surface area contributed by atoms with Gasteiger partial charge in [-0.05, 0) is 37.5 Å². The molecule has 0 aliphatic heterocycles. The highest BCUT2D eigenvalue weighted by atomic mass is 16.4. The molecular formula is C12H15N3O. The van der Waals surface area contributed by atoms with Crippen molar-refractivity contribution in [1.82, 2.24) is 4.98 Å². The maximum Gasteiger partial charge on any atom is 0.298 e. The summed E-state index contributed by atoms with van der Waals surface area (Å²) in [6, 6.07) is 6.84. The summed E-state index contributed by atoms with van der Waals surface area (Å²) < 4.78 is 5.70. The molecule has 1 aliphatic rings. The Morgan fingerprint density at radius 2 is 2.25 bits per heavy atom. The lowest BCUT2D eigenvalue weighted by Gasteiger charge is -2.33. The lowest BCUT2D eigenvalue weighted by molar-refractivity contribution is 0.382. The van der Waals surface area contributed by atoms with Gasteiger partial charge in [-0.25, -0.2) is 0 Å². The Labute approximate surface area is 94.0 Å². The second-order valence-corrected chi connectivity index (χ2v) is 4.42. The van der Waals surface area contributed by atoms with E-state index in [0.29, 0.717) is 12.1 Å². The highest BCUT2D eigenvalue weighted by Crippen LogP contribution is 2.30. The number of nitrogens with two attached hydrogens (primary N) is 1. The Hall–Kier alpha value is -1.71. The third-order valence-corrected chi connectivity index (χ3v) is 3.32. The van der Waals surface area contributed by atoms with E-state index in [2.05, 4.69) is 9.88 Å². The first-order valence-electron chi connectivity index (χ1n) is 5.63. The van der Waals surface area contributed by atoms with Crippen LogP contribution in [0.25, 0.3) is 11.1 Å². The summed E-state index contributed by atoms with van der Waals surface area (Å²) >= 11 is 0. The van der Waals surface area contributed by atoms with E-state index in [1.54, 1.807) is 0 Å². The number of hydrogen-bond acceptors (Lipinski definition) is 4. The minimum absolute atomic E-state index is 0.588. The summed E-state index contributed by atoms with van der Waals surface area (Å²) in [5.41, 5.74) is 8.07. The van der Waals surface area contributed by atoms with Gasteiger partial charge in [-0.1, -0.05) is 0 Å². The van der Waals surface area contributed by atoms with E-state index in [1.165, 1.54) is 19.3 Å². The lowest BCUT2D eigenvalue weighted by Crippen LogP contribution is -2.37. The molecule has 3 rings (SSSR count). The van der Waals surface area contributed by atoms with Crippen molar-refractivity contribution in [2.24, 2.45) is 0 Å². The summed E-state index contributed by atoms with van der Waals surface area (Å²) in [5, 5.41) is 0. The summed E-state index contributed by atoms with van der Waals surface area (Å²) in [4.78, 5) is 6.58. The zero-order valence-corrected chi connectivity index (χ0v) is 9.31. The van der Waals surface area contributed by atoms with Crippen LogP contribution in [-0.2, 0) is 0 Å². The number of rotatable bonds is 2. The largest absolute Gasteiger partial charge is 0.423 e. The van der Waals surface area contributed by atoms with E-state index in [-0.39, 0.29) is 0 Å². The van der Waals surface area contributed by atoms with Crippen LogP contribution in [0.4, 0.5) is 11.7 Å². The molecule has 2 N–H and O–H groups in total. The van der Waals surface area contributed by atoms with Crippen LogP contribution in [0.15, 0.2) is 22.6 Å². The van der Waals surface area contributed by atoms with Crippen molar-refractivity contribution < 1.29 is 4.42 Å². The predicted octanol–water partition coefficient (Wildman–Crippen LogP) is 2.40. The molecule has 84 valence electrons. The van der Waals surface area contributed by atoms with Gasteiger partial charge < -0.3 is 15.1 Å². The molecule has 16 heavy (non-hydrogen) atoms. The van der Waals surface area contributed by atoms with Crippen molar-refractivity contribution in [3.63, 3.8) is 0 Å². The zero-order chi connectivity index (χ0) is 11.1. The fourth-order valence-electron chi connectivity index (χ4n) is 2.01. The quantitative estimate of drug-likeness (QED) is 0.785. The van der Waals surface area contributed by atoms with Crippen LogP contribution in [0.3, 0.4) is 0 Å². The van der Waals surface area contributed by atoms with Crippen LogP contribution in [0.2, 0.25) is 0 Å². The molecular weight excluding hydrogens is 202 g/mol. The van der Waals surface area contributed by atoms with E-state index in [1.807, 2.05) is 25.2 Å². The standard InChI is InChI=1S/C12H15N3O/c1-15(9-3-2-4-9)12-14-10-7-8(13)5-6-11(10)16-12/h5-7,9H,2-4,13H2,1H3. The molecule has 1 aromatic heterocycles. The van der Waals surface area contributed by atoms with E-state index in [4.69, 9.17) is 10.2 Å². The molecule has 0 amide bonds. The third-order valence-electron chi connectivity index (χ3n) is 3.32. The Kier molecular flexibility index (Phi) is 2.02. The Balaban J connectivity index is 1.97. The normalized spacial score (nSPS) is 16.3. The molecule has 0 bridgehead atoms. The monoisotopic (exact) mass is 217 g/mol. The Morgan fingerprint density at radius 1 is 1.44 bits per heavy atom. The van der Waals surface area contributed by atoms with Crippen molar-refractivity contribution in [1.29, 1.82) is 0 Å². The lowest BCUT2D eigenvalue weighted by atomic mass is 9.92. The van der Waals surface area contributed by atoms with Gasteiger partial charge in [0.2, 0.25) is 0 Å². The number of nitrogen functional groups attached to an aromatic ring is 1. The van der Waals surface area contributed by atoms with Gasteiger partial charge >= 0.3 is 0 Å². The van der Waals surface area contributed by atoms with Gasteiger partial charge in [0.25, 0.3) is 6.01 Å². The van der Waals surface area contributed by atoms with Gasteiger partial charge in [-0.3, -0.25) is 0 Å². The molecule has 0 saturated heterocycles. The second-order valence-electron chi connectivity index (χ2n) is 4.42. The fraction of sp³-hybridized carbons (Fsp3) is 0.417. The van der Waals surface area contributed by atoms with Gasteiger partial charge in [-0.2, -0.15) is 4.98 Å². The second kappa shape index (κ2) is 3.40. The van der Waals surface area contributed by atoms with Crippen molar-refractivity contribution in [3.8, 4) is 0 Å². The molecule has 0 unspecified atom stereocenters. The summed E-state index contributed by atoms with van der Waals surface area (Å²) in [5.74, 6) is 0. The predicted molar refractivity (Wildman–Crippen MR) is 64.5 cm³/mol. The molecule has 0 spiro atoms. The molecule has 4 nitrogen and oxygen atoms in total. The van der Waals surface area contributed by atoms with Crippen LogP contribution in [-0.4, -0.2) is 18.1 Å². The van der Waals surface area contributed by atoms with E-state index in [0.717, 1.165) is 16.8 Å². The minimum Gasteiger partial charge on any atom is -0.423 e. The average molecular weight is 217 g/mol. The van der Waals surface area contributed by atoms with Crippen molar-refractivity contribution >= 4 is 22.8 Å². The van der Waals surface area contributed by atoms with E-state index in [9.17, 15) is 0 Å². The fourth-order valence-corrected chi connectivity index (χ4v) is 2.01. The first kappa shape index (κ1) is 9.51. The van der Waals surface area contributed by atoms with Crippen LogP contribution in [0.1, 0.15) is 19.3 Å². The molecule has 1 aromatic carbocycles. The van der Waals surface area contributed by atoms with Gasteiger partial charge in [0.1, 0.15) is 5.52 Å². The van der Waals surface area contributed by atoms with Crippen LogP contribution < -0.4 is 10.6 Å². The maximum atomic E-state index is 5.71. The molecule has 0 radical (unpaired) electrons. The highest BCUT2D eigenvalue weighted by molar-refractivity contribution is 5.78.